The van der Waals surface area contributed by atoms with Crippen molar-refractivity contribution in [1.82, 2.24) is 0 Å². The molecule has 1 N–H and O–H groups in total. The summed E-state index contributed by atoms with van der Waals surface area (Å²) in [6, 6.07) is 0. The minimum Gasteiger partial charge on any atom is -0.481 e. The molecule has 0 aliphatic heterocycles. The van der Waals surface area contributed by atoms with Crippen molar-refractivity contribution in [1.29, 1.82) is 0 Å². The Morgan fingerprint density at radius 3 is 1.42 bits per heavy atom. The molecule has 0 saturated carbocycles. The molecule has 3 nitrogen and oxygen atoms in total. The lowest BCUT2D eigenvalue weighted by molar-refractivity contribution is -0.146. The van der Waals surface area contributed by atoms with E-state index in [9.17, 15) is 14.7 Å². The first kappa shape index (κ1) is 31.9. The van der Waals surface area contributed by atoms with Crippen molar-refractivity contribution in [3.63, 3.8) is 0 Å². The van der Waals surface area contributed by atoms with Gasteiger partial charge in [-0.3, -0.25) is 9.59 Å². The minimum atomic E-state index is -0.923. The fraction of sp³-hybridized carbons (Fsp3) is 0.867. The lowest BCUT2D eigenvalue weighted by Crippen LogP contribution is -2.23. The summed E-state index contributed by atoms with van der Waals surface area (Å²) in [5, 5.41) is 9.46. The number of unbranched alkanes of at least 4 members (excludes halogenated alkanes) is 18. The van der Waals surface area contributed by atoms with Crippen LogP contribution < -0.4 is 0 Å². The third-order valence-electron chi connectivity index (χ3n) is 6.72. The number of carboxylic acid groups (broad SMARTS) is 1. The van der Waals surface area contributed by atoms with Gasteiger partial charge in [0, 0.05) is 6.42 Å². The summed E-state index contributed by atoms with van der Waals surface area (Å²) < 4.78 is 0. The molecule has 194 valence electrons. The van der Waals surface area contributed by atoms with Crippen molar-refractivity contribution in [2.24, 2.45) is 5.92 Å². The summed E-state index contributed by atoms with van der Waals surface area (Å²) in [4.78, 5) is 23.9. The van der Waals surface area contributed by atoms with Crippen molar-refractivity contribution in [3.8, 4) is 0 Å². The van der Waals surface area contributed by atoms with Crippen LogP contribution in [-0.2, 0) is 9.59 Å². The number of ketones is 1. The summed E-state index contributed by atoms with van der Waals surface area (Å²) >= 11 is 0. The molecule has 0 aliphatic rings. The standard InChI is InChI=1S/C30H56O3/c1-3-5-7-9-11-13-14-15-16-17-19-20-22-24-26-28(30(32)33)29(31)27-25-23-21-18-12-10-8-6-4-2/h15-16,28H,3-14,17-27H2,1-2H3,(H,32,33). The van der Waals surface area contributed by atoms with Gasteiger partial charge in [0.05, 0.1) is 0 Å². The molecule has 0 heterocycles. The molecular formula is C30H56O3. The van der Waals surface area contributed by atoms with Crippen LogP contribution >= 0.6 is 0 Å². The molecule has 1 unspecified atom stereocenters. The maximum atomic E-state index is 12.4. The molecule has 0 spiro atoms. The summed E-state index contributed by atoms with van der Waals surface area (Å²) in [7, 11) is 0. The van der Waals surface area contributed by atoms with E-state index in [-0.39, 0.29) is 5.78 Å². The van der Waals surface area contributed by atoms with Crippen LogP contribution in [0.25, 0.3) is 0 Å². The number of Topliss-reactive ketones (excluding diaryl/α,β-unsaturated/α-hetero) is 1. The number of carbonyl (C=O) groups excluding carboxylic acids is 1. The molecule has 0 bridgehead atoms. The molecule has 1 atom stereocenters. The Morgan fingerprint density at radius 1 is 0.576 bits per heavy atom. The fourth-order valence-corrected chi connectivity index (χ4v) is 4.45. The van der Waals surface area contributed by atoms with Crippen LogP contribution in [0, 0.1) is 5.92 Å². The van der Waals surface area contributed by atoms with Crippen LogP contribution in [0.4, 0.5) is 0 Å². The second-order valence-electron chi connectivity index (χ2n) is 9.95. The Kier molecular flexibility index (Phi) is 24.6. The van der Waals surface area contributed by atoms with E-state index >= 15 is 0 Å². The first-order valence-corrected chi connectivity index (χ1v) is 14.5. The van der Waals surface area contributed by atoms with Crippen LogP contribution in [0.15, 0.2) is 12.2 Å². The van der Waals surface area contributed by atoms with Crippen LogP contribution in [0.1, 0.15) is 162 Å². The number of hydrogen-bond acceptors (Lipinski definition) is 2. The largest absolute Gasteiger partial charge is 0.481 e. The summed E-state index contributed by atoms with van der Waals surface area (Å²) in [5.74, 6) is -1.76. The van der Waals surface area contributed by atoms with Gasteiger partial charge in [0.15, 0.2) is 0 Å². The number of allylic oxidation sites excluding steroid dienone is 2. The van der Waals surface area contributed by atoms with Gasteiger partial charge in [0.1, 0.15) is 11.7 Å². The zero-order chi connectivity index (χ0) is 24.4. The molecule has 0 fully saturated rings. The van der Waals surface area contributed by atoms with Gasteiger partial charge in [-0.15, -0.1) is 0 Å². The normalized spacial score (nSPS) is 12.4. The molecule has 0 aromatic rings. The van der Waals surface area contributed by atoms with Gasteiger partial charge in [-0.1, -0.05) is 129 Å². The van der Waals surface area contributed by atoms with E-state index in [2.05, 4.69) is 26.0 Å². The maximum absolute atomic E-state index is 12.4. The Bertz CT molecular complexity index is 469. The van der Waals surface area contributed by atoms with E-state index in [1.165, 1.54) is 89.9 Å². The van der Waals surface area contributed by atoms with Crippen molar-refractivity contribution in [2.45, 2.75) is 162 Å². The number of carbonyl (C=O) groups is 2. The highest BCUT2D eigenvalue weighted by Gasteiger charge is 2.24. The van der Waals surface area contributed by atoms with Crippen LogP contribution in [0.5, 0.6) is 0 Å². The maximum Gasteiger partial charge on any atom is 0.314 e. The van der Waals surface area contributed by atoms with E-state index < -0.39 is 11.9 Å². The van der Waals surface area contributed by atoms with Gasteiger partial charge >= 0.3 is 5.97 Å². The van der Waals surface area contributed by atoms with Gasteiger partial charge in [-0.2, -0.15) is 0 Å². The van der Waals surface area contributed by atoms with Gasteiger partial charge < -0.3 is 5.11 Å². The molecule has 33 heavy (non-hydrogen) atoms. The predicted octanol–water partition coefficient (Wildman–Crippen LogP) is 9.82. The lowest BCUT2D eigenvalue weighted by atomic mass is 9.93. The number of rotatable bonds is 26. The quantitative estimate of drug-likeness (QED) is 0.0787. The van der Waals surface area contributed by atoms with Gasteiger partial charge in [0.2, 0.25) is 0 Å². The van der Waals surface area contributed by atoms with E-state index in [1.807, 2.05) is 0 Å². The number of aliphatic carboxylic acids is 1. The van der Waals surface area contributed by atoms with Gasteiger partial charge in [-0.05, 0) is 38.5 Å². The summed E-state index contributed by atoms with van der Waals surface area (Å²) in [6.45, 7) is 4.49. The molecule has 0 saturated heterocycles. The molecular weight excluding hydrogens is 408 g/mol. The Hall–Kier alpha value is -1.12. The average Bonchev–Trinajstić information content (AvgIpc) is 2.80. The number of hydrogen-bond donors (Lipinski definition) is 1. The molecule has 0 rings (SSSR count). The van der Waals surface area contributed by atoms with E-state index in [1.54, 1.807) is 0 Å². The van der Waals surface area contributed by atoms with E-state index in [0.717, 1.165) is 44.9 Å². The Labute approximate surface area is 206 Å². The molecule has 0 amide bonds. The third kappa shape index (κ3) is 22.4. The molecule has 0 radical (unpaired) electrons. The second kappa shape index (κ2) is 25.5. The minimum absolute atomic E-state index is 0.0527. The summed E-state index contributed by atoms with van der Waals surface area (Å²) in [6.07, 6.45) is 31.1. The average molecular weight is 465 g/mol. The highest BCUT2D eigenvalue weighted by molar-refractivity contribution is 5.98. The monoisotopic (exact) mass is 464 g/mol. The SMILES string of the molecule is CCCCCCCCC=CCCCCCCC(C(=O)O)C(=O)CCCCCCCCCCC. The first-order valence-electron chi connectivity index (χ1n) is 14.5. The topological polar surface area (TPSA) is 54.4 Å². The molecule has 3 heteroatoms. The third-order valence-corrected chi connectivity index (χ3v) is 6.72. The first-order chi connectivity index (χ1) is 16.1. The Morgan fingerprint density at radius 2 is 0.970 bits per heavy atom. The number of carboxylic acids is 1. The van der Waals surface area contributed by atoms with Crippen LogP contribution in [0.2, 0.25) is 0 Å². The molecule has 0 aromatic carbocycles. The van der Waals surface area contributed by atoms with E-state index in [4.69, 9.17) is 0 Å². The molecule has 0 aromatic heterocycles. The highest BCUT2D eigenvalue weighted by atomic mass is 16.4. The van der Waals surface area contributed by atoms with Gasteiger partial charge in [-0.25, -0.2) is 0 Å². The Balaban J connectivity index is 3.66. The van der Waals surface area contributed by atoms with E-state index in [0.29, 0.717) is 12.8 Å². The van der Waals surface area contributed by atoms with Gasteiger partial charge in [0.25, 0.3) is 0 Å². The molecule has 0 aliphatic carbocycles. The van der Waals surface area contributed by atoms with Crippen molar-refractivity contribution in [3.05, 3.63) is 12.2 Å². The van der Waals surface area contributed by atoms with Crippen LogP contribution in [0.3, 0.4) is 0 Å². The van der Waals surface area contributed by atoms with Crippen molar-refractivity contribution >= 4 is 11.8 Å². The zero-order valence-corrected chi connectivity index (χ0v) is 22.3. The van der Waals surface area contributed by atoms with Crippen LogP contribution in [-0.4, -0.2) is 16.9 Å². The second-order valence-corrected chi connectivity index (χ2v) is 9.95. The smallest absolute Gasteiger partial charge is 0.314 e. The fourth-order valence-electron chi connectivity index (χ4n) is 4.45. The van der Waals surface area contributed by atoms with Crippen molar-refractivity contribution in [2.75, 3.05) is 0 Å². The predicted molar refractivity (Wildman–Crippen MR) is 143 cm³/mol. The lowest BCUT2D eigenvalue weighted by Gasteiger charge is -2.11. The zero-order valence-electron chi connectivity index (χ0n) is 22.3. The highest BCUT2D eigenvalue weighted by Crippen LogP contribution is 2.17. The summed E-state index contributed by atoms with van der Waals surface area (Å²) in [5.41, 5.74) is 0. The van der Waals surface area contributed by atoms with Crippen molar-refractivity contribution < 1.29 is 14.7 Å².